The number of amides is 1. The van der Waals surface area contributed by atoms with Gasteiger partial charge in [-0.2, -0.15) is 4.98 Å². The maximum atomic E-state index is 12.9. The van der Waals surface area contributed by atoms with Crippen LogP contribution < -0.4 is 31.6 Å². The third kappa shape index (κ3) is 6.67. The Balaban J connectivity index is 1.61. The number of nitrogens with zero attached hydrogens (tertiary/aromatic N) is 3. The van der Waals surface area contributed by atoms with Gasteiger partial charge in [0.15, 0.2) is 11.3 Å². The average molecular weight is 568 g/mol. The van der Waals surface area contributed by atoms with Gasteiger partial charge in [-0.25, -0.2) is 4.98 Å². The Kier molecular flexibility index (Phi) is 9.18. The molecule has 1 amide bonds. The first kappa shape index (κ1) is 28.8. The topological polar surface area (TPSA) is 154 Å². The Morgan fingerprint density at radius 2 is 1.93 bits per heavy atom. The summed E-state index contributed by atoms with van der Waals surface area (Å²) in [7, 11) is 7.11. The number of hydrogen-bond donors (Lipinski definition) is 4. The first-order chi connectivity index (χ1) is 19.2. The second-order valence-corrected chi connectivity index (χ2v) is 9.93. The van der Waals surface area contributed by atoms with Crippen LogP contribution in [-0.4, -0.2) is 62.2 Å². The first-order valence-electron chi connectivity index (χ1n) is 12.7. The lowest BCUT2D eigenvalue weighted by atomic mass is 10.0. The summed E-state index contributed by atoms with van der Waals surface area (Å²) in [6, 6.07) is 8.91. The zero-order chi connectivity index (χ0) is 28.8. The Hall–Kier alpha value is -4.22. The molecule has 0 radical (unpaired) electrons. The van der Waals surface area contributed by atoms with Crippen molar-refractivity contribution < 1.29 is 18.7 Å². The molecule has 0 aliphatic heterocycles. The Morgan fingerprint density at radius 1 is 1.12 bits per heavy atom. The Morgan fingerprint density at radius 3 is 2.62 bits per heavy atom. The molecule has 4 rings (SSSR count). The van der Waals surface area contributed by atoms with E-state index in [1.165, 1.54) is 0 Å². The van der Waals surface area contributed by atoms with Crippen LogP contribution in [0.25, 0.3) is 11.0 Å². The molecular weight excluding hydrogens is 534 g/mol. The van der Waals surface area contributed by atoms with Crippen LogP contribution in [0.1, 0.15) is 33.7 Å². The van der Waals surface area contributed by atoms with Crippen LogP contribution in [0.3, 0.4) is 0 Å². The summed E-state index contributed by atoms with van der Waals surface area (Å²) in [6.07, 6.45) is 2.87. The molecule has 2 aromatic heterocycles. The molecule has 0 unspecified atom stereocenters. The molecule has 0 fully saturated rings. The van der Waals surface area contributed by atoms with Crippen molar-refractivity contribution in [3.05, 3.63) is 64.0 Å². The van der Waals surface area contributed by atoms with Crippen LogP contribution in [0.2, 0.25) is 5.02 Å². The number of nitrogens with two attached hydrogens (primary N) is 2. The van der Waals surface area contributed by atoms with E-state index in [0.717, 1.165) is 23.9 Å². The molecule has 11 nitrogen and oxygen atoms in total. The molecule has 2 heterocycles. The molecule has 0 aliphatic carbocycles. The summed E-state index contributed by atoms with van der Waals surface area (Å²) in [5.41, 5.74) is 15.0. The monoisotopic (exact) mass is 567 g/mol. The molecular formula is C28H34ClN7O4. The first-order valence-corrected chi connectivity index (χ1v) is 13.1. The van der Waals surface area contributed by atoms with E-state index in [1.807, 2.05) is 26.2 Å². The number of carbonyl (C=O) groups excluding carboxylic acids is 1. The number of ether oxygens (including phenoxy) is 2. The van der Waals surface area contributed by atoms with Crippen LogP contribution in [0.15, 0.2) is 40.9 Å². The molecule has 0 aliphatic rings. The van der Waals surface area contributed by atoms with Crippen molar-refractivity contribution in [3.8, 4) is 11.5 Å². The smallest absolute Gasteiger partial charge is 0.253 e. The Labute approximate surface area is 237 Å². The maximum absolute atomic E-state index is 12.9. The lowest BCUT2D eigenvalue weighted by Crippen LogP contribution is -2.27. The average Bonchev–Trinajstić information content (AvgIpc) is 3.35. The fourth-order valence-corrected chi connectivity index (χ4v) is 4.52. The van der Waals surface area contributed by atoms with Gasteiger partial charge in [0.25, 0.3) is 5.91 Å². The number of nitrogen functional groups attached to an aromatic ring is 2. The number of halogens is 1. The SMILES string of the molecule is COc1cc(Cc2cnc(N)nc2N)c2cc(CNc3cc(Cl)ccc3C(=O)NCCCN(C)C)oc2c1OC. The third-order valence-corrected chi connectivity index (χ3v) is 6.57. The van der Waals surface area contributed by atoms with E-state index in [4.69, 9.17) is 37.0 Å². The molecule has 0 saturated carbocycles. The van der Waals surface area contributed by atoms with Gasteiger partial charge in [-0.15, -0.1) is 0 Å². The molecule has 40 heavy (non-hydrogen) atoms. The van der Waals surface area contributed by atoms with Crippen LogP contribution in [0, 0.1) is 0 Å². The van der Waals surface area contributed by atoms with Gasteiger partial charge in [0.2, 0.25) is 11.7 Å². The number of nitrogens with one attached hydrogen (secondary N) is 2. The predicted molar refractivity (Wildman–Crippen MR) is 157 cm³/mol. The number of rotatable bonds is 12. The zero-order valence-corrected chi connectivity index (χ0v) is 23.8. The number of aromatic nitrogens is 2. The van der Waals surface area contributed by atoms with E-state index in [-0.39, 0.29) is 18.4 Å². The number of carbonyl (C=O) groups is 1. The van der Waals surface area contributed by atoms with Crippen molar-refractivity contribution in [2.75, 3.05) is 58.2 Å². The van der Waals surface area contributed by atoms with Gasteiger partial charge in [0.1, 0.15) is 11.6 Å². The maximum Gasteiger partial charge on any atom is 0.253 e. The minimum Gasteiger partial charge on any atom is -0.493 e. The molecule has 0 bridgehead atoms. The van der Waals surface area contributed by atoms with Crippen molar-refractivity contribution in [1.29, 1.82) is 0 Å². The van der Waals surface area contributed by atoms with Crippen LogP contribution in [0.5, 0.6) is 11.5 Å². The molecule has 0 atom stereocenters. The van der Waals surface area contributed by atoms with E-state index >= 15 is 0 Å². The molecule has 6 N–H and O–H groups in total. The number of methoxy groups -OCH3 is 2. The largest absolute Gasteiger partial charge is 0.493 e. The highest BCUT2D eigenvalue weighted by Gasteiger charge is 2.20. The summed E-state index contributed by atoms with van der Waals surface area (Å²) in [6.45, 7) is 1.73. The number of hydrogen-bond acceptors (Lipinski definition) is 10. The normalized spacial score (nSPS) is 11.2. The predicted octanol–water partition coefficient (Wildman–Crippen LogP) is 3.94. The minimum atomic E-state index is -0.181. The van der Waals surface area contributed by atoms with Crippen molar-refractivity contribution >= 4 is 45.9 Å². The van der Waals surface area contributed by atoms with E-state index in [1.54, 1.807) is 38.6 Å². The van der Waals surface area contributed by atoms with E-state index in [9.17, 15) is 4.79 Å². The number of furan rings is 1. The van der Waals surface area contributed by atoms with Gasteiger partial charge in [-0.1, -0.05) is 11.6 Å². The van der Waals surface area contributed by atoms with E-state index in [2.05, 4.69) is 25.5 Å². The second-order valence-electron chi connectivity index (χ2n) is 9.50. The highest BCUT2D eigenvalue weighted by molar-refractivity contribution is 6.31. The van der Waals surface area contributed by atoms with Gasteiger partial charge < -0.3 is 40.9 Å². The minimum absolute atomic E-state index is 0.109. The van der Waals surface area contributed by atoms with Crippen molar-refractivity contribution in [3.63, 3.8) is 0 Å². The van der Waals surface area contributed by atoms with Gasteiger partial charge in [0.05, 0.1) is 26.3 Å². The fraction of sp³-hybridized carbons (Fsp3) is 0.321. The molecule has 0 saturated heterocycles. The summed E-state index contributed by atoms with van der Waals surface area (Å²) in [5.74, 6) is 1.82. The van der Waals surface area contributed by atoms with E-state index in [0.29, 0.717) is 63.5 Å². The lowest BCUT2D eigenvalue weighted by molar-refractivity contribution is 0.0953. The number of fused-ring (bicyclic) bond motifs is 1. The van der Waals surface area contributed by atoms with E-state index < -0.39 is 0 Å². The molecule has 0 spiro atoms. The van der Waals surface area contributed by atoms with Gasteiger partial charge >= 0.3 is 0 Å². The van der Waals surface area contributed by atoms with Gasteiger partial charge in [0, 0.05) is 40.8 Å². The summed E-state index contributed by atoms with van der Waals surface area (Å²) in [4.78, 5) is 23.1. The molecule has 2 aromatic carbocycles. The highest BCUT2D eigenvalue weighted by atomic mass is 35.5. The zero-order valence-electron chi connectivity index (χ0n) is 23.0. The highest BCUT2D eigenvalue weighted by Crippen LogP contribution is 2.40. The van der Waals surface area contributed by atoms with Gasteiger partial charge in [-0.05, 0) is 63.0 Å². The summed E-state index contributed by atoms with van der Waals surface area (Å²) < 4.78 is 17.4. The summed E-state index contributed by atoms with van der Waals surface area (Å²) >= 11 is 6.26. The van der Waals surface area contributed by atoms with Crippen LogP contribution in [-0.2, 0) is 13.0 Å². The van der Waals surface area contributed by atoms with Gasteiger partial charge in [-0.3, -0.25) is 4.79 Å². The number of benzene rings is 2. The fourth-order valence-electron chi connectivity index (χ4n) is 4.35. The van der Waals surface area contributed by atoms with Crippen molar-refractivity contribution in [2.45, 2.75) is 19.4 Å². The quantitative estimate of drug-likeness (QED) is 0.185. The Bertz CT molecular complexity index is 1510. The molecule has 212 valence electrons. The van der Waals surface area contributed by atoms with Crippen LogP contribution >= 0.6 is 11.6 Å². The van der Waals surface area contributed by atoms with Crippen molar-refractivity contribution in [2.24, 2.45) is 0 Å². The summed E-state index contributed by atoms with van der Waals surface area (Å²) in [5, 5.41) is 7.59. The molecule has 4 aromatic rings. The molecule has 12 heteroatoms. The third-order valence-electron chi connectivity index (χ3n) is 6.33. The van der Waals surface area contributed by atoms with Crippen LogP contribution in [0.4, 0.5) is 17.5 Å². The standard InChI is InChI=1S/C28H34ClN7O4/c1-36(2)9-5-8-32-27(37)20-7-6-18(29)12-22(20)33-15-19-13-21-16(10-17-14-34-28(31)35-26(17)30)11-23(38-3)25(39-4)24(21)40-19/h6-7,11-14,33H,5,8-10,15H2,1-4H3,(H,32,37)(H4,30,31,34,35). The lowest BCUT2D eigenvalue weighted by Gasteiger charge is -2.13. The van der Waals surface area contributed by atoms with Crippen molar-refractivity contribution in [1.82, 2.24) is 20.2 Å². The second kappa shape index (κ2) is 12.8. The number of anilines is 3.